The van der Waals surface area contributed by atoms with Crippen LogP contribution in [0.25, 0.3) is 0 Å². The summed E-state index contributed by atoms with van der Waals surface area (Å²) in [6.07, 6.45) is 25.7. The normalized spacial score (nSPS) is 22.0. The fourth-order valence-corrected chi connectivity index (χ4v) is 7.63. The molecule has 0 bridgehead atoms. The molecule has 8 heteroatoms. The van der Waals surface area contributed by atoms with E-state index in [2.05, 4.69) is 103 Å². The Bertz CT molecular complexity index is 1400. The van der Waals surface area contributed by atoms with E-state index in [1.165, 1.54) is 11.1 Å². The molecule has 0 radical (unpaired) electrons. The molecule has 0 N–H and O–H groups in total. The molecule has 1 aromatic carbocycles. The van der Waals surface area contributed by atoms with E-state index in [0.29, 0.717) is 32.0 Å². The van der Waals surface area contributed by atoms with Crippen LogP contribution in [0.3, 0.4) is 0 Å². The lowest BCUT2D eigenvalue weighted by Gasteiger charge is -2.39. The second-order valence-electron chi connectivity index (χ2n) is 16.2. The highest BCUT2D eigenvalue weighted by molar-refractivity contribution is 6.74. The molecule has 0 saturated heterocycles. The molecule has 0 unspecified atom stereocenters. The summed E-state index contributed by atoms with van der Waals surface area (Å²) in [6.45, 7) is 21.6. The van der Waals surface area contributed by atoms with E-state index in [4.69, 9.17) is 39.3 Å². The summed E-state index contributed by atoms with van der Waals surface area (Å²) in [7, 11) is 1.21. The van der Waals surface area contributed by atoms with Gasteiger partial charge in [0.05, 0.1) is 50.8 Å². The van der Waals surface area contributed by atoms with Gasteiger partial charge in [0.25, 0.3) is 0 Å². The van der Waals surface area contributed by atoms with Crippen molar-refractivity contribution in [2.75, 3.05) is 27.6 Å². The molecule has 0 saturated carbocycles. The molecule has 1 aromatic rings. The Morgan fingerprint density at radius 1 is 1.11 bits per heavy atom. The fraction of sp³-hybridized carbons (Fsp3) is 0.600. The van der Waals surface area contributed by atoms with E-state index in [1.807, 2.05) is 24.3 Å². The lowest BCUT2D eigenvalue weighted by Crippen LogP contribution is -2.43. The Labute approximate surface area is 323 Å². The standard InChI is InChI=1S/C45H68O7Si/c1-12-15-39-16-13-17-41(51-39)30-35(3)28-36(4)31-42(52-53(10,11)45(5,6)7)18-14-19-43(49-32-37-20-22-38(47-9)23-21-37)44(50-33-46-8)25-24-40-29-34(2)26-27-48-40/h1,13-14,16,18,20-26,35,39-44H,4,15,17,19,27-33H2,2-3,5-11H3/b18-14+,25-24+/t35-,39+,40+,41-,42+,43-,44-/m0/s1. The summed E-state index contributed by atoms with van der Waals surface area (Å²) in [4.78, 5) is 0. The van der Waals surface area contributed by atoms with E-state index < -0.39 is 8.32 Å². The van der Waals surface area contributed by atoms with E-state index in [9.17, 15) is 0 Å². The number of benzene rings is 1. The van der Waals surface area contributed by atoms with Crippen LogP contribution in [0.2, 0.25) is 18.1 Å². The quantitative estimate of drug-likeness (QED) is 0.0506. The topological polar surface area (TPSA) is 64.6 Å². The SMILES string of the molecule is C#CC[C@@H]1C=CC[C@@H](C[C@@H](C)CC(=C)C[C@@H](/C=C/C[C@H](OCc2ccc(OC)cc2)[C@H](/C=C/[C@@H]2CC(C)=CCO2)OCOC)O[Si](C)(C)C(C)(C)C)O1. The van der Waals surface area contributed by atoms with Gasteiger partial charge in [-0.15, -0.1) is 12.3 Å². The van der Waals surface area contributed by atoms with Crippen LogP contribution in [-0.4, -0.2) is 72.6 Å². The average molecular weight is 749 g/mol. The minimum atomic E-state index is -2.10. The van der Waals surface area contributed by atoms with Crippen molar-refractivity contribution in [2.45, 2.75) is 141 Å². The van der Waals surface area contributed by atoms with Crippen LogP contribution in [0.15, 0.2) is 84.5 Å². The lowest BCUT2D eigenvalue weighted by atomic mass is 9.91. The second kappa shape index (κ2) is 22.6. The van der Waals surface area contributed by atoms with Crippen LogP contribution in [0.5, 0.6) is 5.75 Å². The minimum Gasteiger partial charge on any atom is -0.497 e. The molecule has 0 spiro atoms. The Morgan fingerprint density at radius 2 is 1.87 bits per heavy atom. The smallest absolute Gasteiger partial charge is 0.192 e. The minimum absolute atomic E-state index is 0.00674. The van der Waals surface area contributed by atoms with E-state index in [-0.39, 0.29) is 48.5 Å². The van der Waals surface area contributed by atoms with Gasteiger partial charge in [-0.1, -0.05) is 100 Å². The number of methoxy groups -OCH3 is 2. The van der Waals surface area contributed by atoms with Gasteiger partial charge in [0.15, 0.2) is 8.32 Å². The van der Waals surface area contributed by atoms with Gasteiger partial charge in [0.1, 0.15) is 18.6 Å². The first-order valence-electron chi connectivity index (χ1n) is 19.3. The molecule has 0 aromatic heterocycles. The second-order valence-corrected chi connectivity index (χ2v) is 21.0. The van der Waals surface area contributed by atoms with Crippen LogP contribution in [0, 0.1) is 18.3 Å². The van der Waals surface area contributed by atoms with Crippen molar-refractivity contribution >= 4 is 8.32 Å². The van der Waals surface area contributed by atoms with Gasteiger partial charge >= 0.3 is 0 Å². The highest BCUT2D eigenvalue weighted by Gasteiger charge is 2.39. The van der Waals surface area contributed by atoms with Gasteiger partial charge in [-0.05, 0) is 87.2 Å². The number of rotatable bonds is 22. The van der Waals surface area contributed by atoms with Crippen LogP contribution in [-0.2, 0) is 34.7 Å². The molecule has 3 rings (SSSR count). The molecule has 0 fully saturated rings. The van der Waals surface area contributed by atoms with Gasteiger partial charge in [-0.2, -0.15) is 0 Å². The molecule has 7 atom stereocenters. The van der Waals surface area contributed by atoms with Crippen molar-refractivity contribution < 1.29 is 32.8 Å². The van der Waals surface area contributed by atoms with Crippen LogP contribution >= 0.6 is 0 Å². The van der Waals surface area contributed by atoms with Gasteiger partial charge in [0, 0.05) is 13.5 Å². The third-order valence-corrected chi connectivity index (χ3v) is 14.9. The Morgan fingerprint density at radius 3 is 2.53 bits per heavy atom. The Balaban J connectivity index is 1.78. The van der Waals surface area contributed by atoms with Crippen LogP contribution in [0.4, 0.5) is 0 Å². The zero-order valence-corrected chi connectivity index (χ0v) is 35.1. The van der Waals surface area contributed by atoms with Crippen LogP contribution < -0.4 is 4.74 Å². The van der Waals surface area contributed by atoms with Crippen molar-refractivity contribution in [3.63, 3.8) is 0 Å². The predicted octanol–water partition coefficient (Wildman–Crippen LogP) is 10.3. The predicted molar refractivity (Wildman–Crippen MR) is 219 cm³/mol. The summed E-state index contributed by atoms with van der Waals surface area (Å²) in [5.74, 6) is 3.97. The zero-order valence-electron chi connectivity index (χ0n) is 34.1. The number of terminal acetylenes is 1. The highest BCUT2D eigenvalue weighted by atomic mass is 28.4. The average Bonchev–Trinajstić information content (AvgIpc) is 3.09. The van der Waals surface area contributed by atoms with Crippen molar-refractivity contribution in [2.24, 2.45) is 5.92 Å². The van der Waals surface area contributed by atoms with Crippen molar-refractivity contribution in [3.8, 4) is 18.1 Å². The van der Waals surface area contributed by atoms with Gasteiger partial charge in [0.2, 0.25) is 0 Å². The largest absolute Gasteiger partial charge is 0.497 e. The van der Waals surface area contributed by atoms with Crippen molar-refractivity contribution in [1.82, 2.24) is 0 Å². The van der Waals surface area contributed by atoms with Gasteiger partial charge in [-0.25, -0.2) is 0 Å². The maximum Gasteiger partial charge on any atom is 0.192 e. The molecule has 0 aliphatic carbocycles. The molecule has 2 aliphatic heterocycles. The summed E-state index contributed by atoms with van der Waals surface area (Å²) < 4.78 is 42.9. The molecule has 2 aliphatic rings. The summed E-state index contributed by atoms with van der Waals surface area (Å²) >= 11 is 0. The first-order chi connectivity index (χ1) is 25.2. The summed E-state index contributed by atoms with van der Waals surface area (Å²) in [6, 6.07) is 7.96. The summed E-state index contributed by atoms with van der Waals surface area (Å²) in [5, 5.41) is 0.0666. The Hall–Kier alpha value is -2.74. The maximum absolute atomic E-state index is 7.04. The van der Waals surface area contributed by atoms with E-state index in [1.54, 1.807) is 14.2 Å². The molecule has 53 heavy (non-hydrogen) atoms. The van der Waals surface area contributed by atoms with Crippen LogP contribution in [0.1, 0.15) is 85.1 Å². The van der Waals surface area contributed by atoms with Crippen molar-refractivity contribution in [1.29, 1.82) is 0 Å². The molecule has 2 heterocycles. The van der Waals surface area contributed by atoms with E-state index in [0.717, 1.165) is 43.4 Å². The third-order valence-electron chi connectivity index (χ3n) is 10.3. The molecular weight excluding hydrogens is 681 g/mol. The highest BCUT2D eigenvalue weighted by Crippen LogP contribution is 2.38. The van der Waals surface area contributed by atoms with Crippen molar-refractivity contribution in [3.05, 3.63) is 90.1 Å². The van der Waals surface area contributed by atoms with E-state index >= 15 is 0 Å². The maximum atomic E-state index is 7.04. The zero-order chi connectivity index (χ0) is 38.9. The first kappa shape index (κ1) is 44.7. The number of hydrogen-bond donors (Lipinski definition) is 0. The first-order valence-corrected chi connectivity index (χ1v) is 22.2. The van der Waals surface area contributed by atoms with Gasteiger partial charge in [-0.3, -0.25) is 0 Å². The fourth-order valence-electron chi connectivity index (χ4n) is 6.36. The molecule has 294 valence electrons. The lowest BCUT2D eigenvalue weighted by molar-refractivity contribution is -0.113. The summed E-state index contributed by atoms with van der Waals surface area (Å²) in [5.41, 5.74) is 3.56. The molecular formula is C45H68O7Si. The molecule has 0 amide bonds. The monoisotopic (exact) mass is 748 g/mol. The van der Waals surface area contributed by atoms with Gasteiger partial charge < -0.3 is 32.8 Å². The molecule has 7 nitrogen and oxygen atoms in total. The number of hydrogen-bond acceptors (Lipinski definition) is 7. The third kappa shape index (κ3) is 16.3. The Kier molecular flexibility index (Phi) is 19.0. The number of ether oxygens (including phenoxy) is 6.